The number of aliphatic hydroxyl groups is 1. The largest absolute Gasteiger partial charge is 0.390 e. The van der Waals surface area contributed by atoms with Crippen LogP contribution >= 0.6 is 0 Å². The summed E-state index contributed by atoms with van der Waals surface area (Å²) < 4.78 is 39.1. The normalized spacial score (nSPS) is 11.6. The van der Waals surface area contributed by atoms with E-state index in [9.17, 15) is 12.8 Å². The molecule has 0 bridgehead atoms. The maximum atomic E-state index is 12.9. The van der Waals surface area contributed by atoms with Gasteiger partial charge in [0.2, 0.25) is 0 Å². The molecule has 0 aliphatic heterocycles. The van der Waals surface area contributed by atoms with Crippen LogP contribution in [-0.4, -0.2) is 25.1 Å². The smallest absolute Gasteiger partial charge is 0.265 e. The van der Waals surface area contributed by atoms with E-state index in [2.05, 4.69) is 4.98 Å². The van der Waals surface area contributed by atoms with Crippen molar-refractivity contribution in [2.24, 2.45) is 0 Å². The van der Waals surface area contributed by atoms with Crippen LogP contribution in [0.1, 0.15) is 12.6 Å². The molecule has 0 aliphatic carbocycles. The van der Waals surface area contributed by atoms with Crippen molar-refractivity contribution in [2.45, 2.75) is 18.4 Å². The lowest BCUT2D eigenvalue weighted by Crippen LogP contribution is -2.30. The first-order valence-electron chi connectivity index (χ1n) is 6.05. The quantitative estimate of drug-likeness (QED) is 0.885. The van der Waals surface area contributed by atoms with Crippen LogP contribution in [-0.2, 0) is 16.6 Å². The van der Waals surface area contributed by atoms with E-state index < -0.39 is 15.8 Å². The maximum absolute atomic E-state index is 12.9. The van der Waals surface area contributed by atoms with Gasteiger partial charge in [-0.05, 0) is 37.3 Å². The molecule has 0 radical (unpaired) electrons. The number of anilines is 1. The Labute approximate surface area is 116 Å². The zero-order chi connectivity index (χ0) is 14.8. The predicted molar refractivity (Wildman–Crippen MR) is 73.3 cm³/mol. The molecule has 0 saturated heterocycles. The van der Waals surface area contributed by atoms with Crippen LogP contribution in [0.15, 0.2) is 41.4 Å². The van der Waals surface area contributed by atoms with Gasteiger partial charge in [-0.2, -0.15) is 0 Å². The fraction of sp³-hybridized carbons (Fsp3) is 0.231. The number of sulfonamides is 1. The summed E-state index contributed by atoms with van der Waals surface area (Å²) in [5, 5.41) is 8.98. The first kappa shape index (κ1) is 14.5. The first-order valence-corrected chi connectivity index (χ1v) is 7.49. The van der Waals surface area contributed by atoms with Crippen molar-refractivity contribution in [1.82, 2.24) is 4.98 Å². The first-order chi connectivity index (χ1) is 9.48. The van der Waals surface area contributed by atoms with E-state index in [0.29, 0.717) is 11.4 Å². The molecule has 0 fully saturated rings. The fourth-order valence-electron chi connectivity index (χ4n) is 1.89. The molecule has 0 saturated carbocycles. The van der Waals surface area contributed by atoms with Gasteiger partial charge in [0.1, 0.15) is 10.7 Å². The molecule has 108 valence electrons. The summed E-state index contributed by atoms with van der Waals surface area (Å²) in [5.41, 5.74) is 0.805. The Balaban J connectivity index is 2.41. The molecule has 1 heterocycles. The third-order valence-corrected chi connectivity index (χ3v) is 4.76. The van der Waals surface area contributed by atoms with E-state index in [1.54, 1.807) is 6.92 Å². The Hall–Kier alpha value is -1.86. The van der Waals surface area contributed by atoms with Crippen molar-refractivity contribution < 1.29 is 17.9 Å². The number of H-pyrrole nitrogens is 1. The molecular formula is C13H15FN2O3S. The highest BCUT2D eigenvalue weighted by Crippen LogP contribution is 2.24. The van der Waals surface area contributed by atoms with Crippen LogP contribution in [0, 0.1) is 5.82 Å². The Bertz CT molecular complexity index is 680. The van der Waals surface area contributed by atoms with Gasteiger partial charge < -0.3 is 10.1 Å². The van der Waals surface area contributed by atoms with Gasteiger partial charge in [-0.25, -0.2) is 12.8 Å². The number of halogens is 1. The van der Waals surface area contributed by atoms with Gasteiger partial charge in [-0.1, -0.05) is 0 Å². The van der Waals surface area contributed by atoms with E-state index in [1.165, 1.54) is 40.8 Å². The van der Waals surface area contributed by atoms with Crippen LogP contribution in [0.2, 0.25) is 0 Å². The molecule has 5 nitrogen and oxygen atoms in total. The Morgan fingerprint density at radius 2 is 1.95 bits per heavy atom. The van der Waals surface area contributed by atoms with Crippen LogP contribution in [0.3, 0.4) is 0 Å². The van der Waals surface area contributed by atoms with Crippen LogP contribution < -0.4 is 4.31 Å². The molecule has 1 aromatic carbocycles. The minimum absolute atomic E-state index is 0.0627. The lowest BCUT2D eigenvalue weighted by Gasteiger charge is -2.22. The molecular weight excluding hydrogens is 283 g/mol. The van der Waals surface area contributed by atoms with E-state index in [4.69, 9.17) is 5.11 Å². The molecule has 20 heavy (non-hydrogen) atoms. The van der Waals surface area contributed by atoms with Crippen molar-refractivity contribution >= 4 is 15.7 Å². The highest BCUT2D eigenvalue weighted by atomic mass is 32.2. The number of benzene rings is 1. The van der Waals surface area contributed by atoms with Gasteiger partial charge in [0, 0.05) is 18.4 Å². The number of nitrogens with one attached hydrogen (secondary N) is 1. The van der Waals surface area contributed by atoms with E-state index in [-0.39, 0.29) is 18.0 Å². The minimum atomic E-state index is -3.74. The summed E-state index contributed by atoms with van der Waals surface area (Å²) in [6.45, 7) is 1.65. The highest BCUT2D eigenvalue weighted by molar-refractivity contribution is 7.92. The summed E-state index contributed by atoms with van der Waals surface area (Å²) in [5.74, 6) is -0.425. The summed E-state index contributed by atoms with van der Waals surface area (Å²) >= 11 is 0. The molecule has 0 amide bonds. The predicted octanol–water partition coefficient (Wildman–Crippen LogP) is 1.86. The summed E-state index contributed by atoms with van der Waals surface area (Å²) in [6.07, 6.45) is 1.33. The van der Waals surface area contributed by atoms with E-state index in [0.717, 1.165) is 0 Å². The topological polar surface area (TPSA) is 73.4 Å². The number of rotatable bonds is 5. The zero-order valence-electron chi connectivity index (χ0n) is 10.9. The minimum Gasteiger partial charge on any atom is -0.390 e. The number of aromatic nitrogens is 1. The van der Waals surface area contributed by atoms with E-state index in [1.807, 2.05) is 0 Å². The second-order valence-corrected chi connectivity index (χ2v) is 6.03. The number of aliphatic hydroxyl groups excluding tert-OH is 1. The second-order valence-electron chi connectivity index (χ2n) is 4.16. The van der Waals surface area contributed by atoms with Crippen molar-refractivity contribution in [3.05, 3.63) is 48.0 Å². The average molecular weight is 298 g/mol. The van der Waals surface area contributed by atoms with Crippen molar-refractivity contribution in [1.29, 1.82) is 0 Å². The molecule has 1 aromatic heterocycles. The Morgan fingerprint density at radius 3 is 2.45 bits per heavy atom. The molecule has 0 spiro atoms. The third-order valence-electron chi connectivity index (χ3n) is 2.88. The van der Waals surface area contributed by atoms with E-state index >= 15 is 0 Å². The van der Waals surface area contributed by atoms with Gasteiger partial charge in [0.05, 0.1) is 12.3 Å². The SMILES string of the molecule is CCN(c1ccc(F)cc1)S(=O)(=O)c1c[nH]c(CO)c1. The zero-order valence-corrected chi connectivity index (χ0v) is 11.7. The van der Waals surface area contributed by atoms with Crippen LogP contribution in [0.4, 0.5) is 10.1 Å². The van der Waals surface area contributed by atoms with Gasteiger partial charge in [-0.3, -0.25) is 4.31 Å². The molecule has 0 aliphatic rings. The maximum Gasteiger partial charge on any atom is 0.265 e. The standard InChI is InChI=1S/C13H15FN2O3S/c1-2-16(12-5-3-10(14)4-6-12)20(18,19)13-7-11(9-17)15-8-13/h3-8,15,17H,2,9H2,1H3. The number of nitrogens with zero attached hydrogens (tertiary/aromatic N) is 1. The van der Waals surface area contributed by atoms with Gasteiger partial charge in [0.15, 0.2) is 0 Å². The van der Waals surface area contributed by atoms with Gasteiger partial charge >= 0.3 is 0 Å². The van der Waals surface area contributed by atoms with Crippen molar-refractivity contribution in [3.63, 3.8) is 0 Å². The van der Waals surface area contributed by atoms with Gasteiger partial charge in [-0.15, -0.1) is 0 Å². The average Bonchev–Trinajstić information content (AvgIpc) is 2.91. The van der Waals surface area contributed by atoms with Crippen LogP contribution in [0.25, 0.3) is 0 Å². The number of aromatic amines is 1. The van der Waals surface area contributed by atoms with Crippen LogP contribution in [0.5, 0.6) is 0 Å². The Morgan fingerprint density at radius 1 is 1.30 bits per heavy atom. The third kappa shape index (κ3) is 2.68. The number of hydrogen-bond donors (Lipinski definition) is 2. The lowest BCUT2D eigenvalue weighted by molar-refractivity contribution is 0.277. The van der Waals surface area contributed by atoms with Crippen molar-refractivity contribution in [3.8, 4) is 0 Å². The number of hydrogen-bond acceptors (Lipinski definition) is 3. The van der Waals surface area contributed by atoms with Crippen molar-refractivity contribution in [2.75, 3.05) is 10.8 Å². The second kappa shape index (κ2) is 5.64. The molecule has 0 unspecified atom stereocenters. The molecule has 2 aromatic rings. The molecule has 0 atom stereocenters. The monoisotopic (exact) mass is 298 g/mol. The summed E-state index contributed by atoms with van der Waals surface area (Å²) in [7, 11) is -3.74. The Kier molecular flexibility index (Phi) is 4.10. The van der Waals surface area contributed by atoms with Gasteiger partial charge in [0.25, 0.3) is 10.0 Å². The lowest BCUT2D eigenvalue weighted by atomic mass is 10.3. The highest BCUT2D eigenvalue weighted by Gasteiger charge is 2.24. The summed E-state index contributed by atoms with van der Waals surface area (Å²) in [6, 6.07) is 6.63. The molecule has 2 rings (SSSR count). The summed E-state index contributed by atoms with van der Waals surface area (Å²) in [4.78, 5) is 2.75. The fourth-order valence-corrected chi connectivity index (χ4v) is 3.38. The molecule has 7 heteroatoms. The molecule has 2 N–H and O–H groups in total.